The van der Waals surface area contributed by atoms with Gasteiger partial charge < -0.3 is 0 Å². The van der Waals surface area contributed by atoms with Crippen LogP contribution in [0, 0.1) is 34.5 Å². The summed E-state index contributed by atoms with van der Waals surface area (Å²) in [5.74, 6) is 2.63. The van der Waals surface area contributed by atoms with Gasteiger partial charge in [0.15, 0.2) is 0 Å². The SMILES string of the molecule is N#CC12CCCC3CC(CCC31)C2. The lowest BCUT2D eigenvalue weighted by Gasteiger charge is -2.55. The van der Waals surface area contributed by atoms with Gasteiger partial charge in [0.1, 0.15) is 0 Å². The van der Waals surface area contributed by atoms with Gasteiger partial charge >= 0.3 is 0 Å². The Labute approximate surface area is 80.1 Å². The first kappa shape index (κ1) is 7.85. The molecule has 0 spiro atoms. The van der Waals surface area contributed by atoms with E-state index in [0.29, 0.717) is 0 Å². The summed E-state index contributed by atoms with van der Waals surface area (Å²) in [5.41, 5.74) is 0.143. The number of fused-ring (bicyclic) bond motifs is 1. The molecule has 0 amide bonds. The fourth-order valence-electron chi connectivity index (χ4n) is 4.41. The summed E-state index contributed by atoms with van der Waals surface area (Å²) in [6.07, 6.45) is 9.43. The molecule has 70 valence electrons. The van der Waals surface area contributed by atoms with E-state index in [-0.39, 0.29) is 5.41 Å². The fourth-order valence-corrected chi connectivity index (χ4v) is 4.41. The van der Waals surface area contributed by atoms with Crippen molar-refractivity contribution >= 4 is 0 Å². The Kier molecular flexibility index (Phi) is 1.51. The molecule has 0 radical (unpaired) electrons. The Balaban J connectivity index is 1.99. The van der Waals surface area contributed by atoms with Gasteiger partial charge in [-0.2, -0.15) is 5.26 Å². The second-order valence-corrected chi connectivity index (χ2v) is 5.41. The van der Waals surface area contributed by atoms with Crippen LogP contribution in [0.1, 0.15) is 44.9 Å². The first-order valence-electron chi connectivity index (χ1n) is 5.75. The van der Waals surface area contributed by atoms with E-state index in [0.717, 1.165) is 17.8 Å². The van der Waals surface area contributed by atoms with Crippen LogP contribution in [0.15, 0.2) is 0 Å². The Bertz CT molecular complexity index is 265. The van der Waals surface area contributed by atoms with Gasteiger partial charge in [-0.05, 0) is 43.4 Å². The zero-order chi connectivity index (χ0) is 8.89. The summed E-state index contributed by atoms with van der Waals surface area (Å²) in [5, 5.41) is 9.37. The van der Waals surface area contributed by atoms with Crippen LogP contribution in [0.5, 0.6) is 0 Å². The third kappa shape index (κ3) is 0.923. The third-order valence-electron chi connectivity index (χ3n) is 4.87. The average molecular weight is 175 g/mol. The lowest BCUT2D eigenvalue weighted by atomic mass is 9.48. The van der Waals surface area contributed by atoms with Crippen LogP contribution in [0.4, 0.5) is 0 Å². The van der Waals surface area contributed by atoms with Crippen molar-refractivity contribution in [2.24, 2.45) is 23.2 Å². The van der Waals surface area contributed by atoms with Gasteiger partial charge in [-0.1, -0.05) is 19.3 Å². The minimum atomic E-state index is 0.143. The van der Waals surface area contributed by atoms with Crippen molar-refractivity contribution in [1.82, 2.24) is 0 Å². The molecule has 4 saturated carbocycles. The van der Waals surface area contributed by atoms with E-state index in [9.17, 15) is 5.26 Å². The van der Waals surface area contributed by atoms with E-state index < -0.39 is 0 Å². The minimum Gasteiger partial charge on any atom is -0.198 e. The summed E-state index contributed by atoms with van der Waals surface area (Å²) in [7, 11) is 0. The highest BCUT2D eigenvalue weighted by molar-refractivity contribution is 5.12. The quantitative estimate of drug-likeness (QED) is 0.555. The molecule has 4 aliphatic carbocycles. The van der Waals surface area contributed by atoms with E-state index in [1.165, 1.54) is 44.9 Å². The third-order valence-corrected chi connectivity index (χ3v) is 4.87. The van der Waals surface area contributed by atoms with Crippen molar-refractivity contribution in [2.75, 3.05) is 0 Å². The van der Waals surface area contributed by atoms with Crippen molar-refractivity contribution in [2.45, 2.75) is 44.9 Å². The molecular formula is C12H17N. The highest BCUT2D eigenvalue weighted by Gasteiger charge is 2.53. The first-order valence-corrected chi connectivity index (χ1v) is 5.75. The number of hydrogen-bond donors (Lipinski definition) is 0. The van der Waals surface area contributed by atoms with Crippen molar-refractivity contribution in [3.63, 3.8) is 0 Å². The predicted molar refractivity (Wildman–Crippen MR) is 50.8 cm³/mol. The van der Waals surface area contributed by atoms with E-state index in [4.69, 9.17) is 0 Å². The second kappa shape index (κ2) is 2.50. The van der Waals surface area contributed by atoms with Gasteiger partial charge in [0.25, 0.3) is 0 Å². The maximum atomic E-state index is 9.37. The Hall–Kier alpha value is -0.510. The van der Waals surface area contributed by atoms with E-state index in [2.05, 4.69) is 6.07 Å². The number of hydrogen-bond acceptors (Lipinski definition) is 1. The number of nitrogens with zero attached hydrogens (tertiary/aromatic N) is 1. The van der Waals surface area contributed by atoms with E-state index in [1.54, 1.807) is 0 Å². The summed E-state index contributed by atoms with van der Waals surface area (Å²) in [6.45, 7) is 0. The molecule has 0 heterocycles. The van der Waals surface area contributed by atoms with Crippen LogP contribution in [0.25, 0.3) is 0 Å². The molecule has 1 nitrogen and oxygen atoms in total. The lowest BCUT2D eigenvalue weighted by Crippen LogP contribution is -2.48. The van der Waals surface area contributed by atoms with Gasteiger partial charge in [0, 0.05) is 0 Å². The standard InChI is InChI=1S/C12H17N/c13-8-12-5-1-2-10-6-9(7-12)3-4-11(10)12/h9-11H,1-7H2. The topological polar surface area (TPSA) is 23.8 Å². The molecule has 0 aliphatic heterocycles. The summed E-state index contributed by atoms with van der Waals surface area (Å²) >= 11 is 0. The Morgan fingerprint density at radius 1 is 1.23 bits per heavy atom. The van der Waals surface area contributed by atoms with Gasteiger partial charge in [0.05, 0.1) is 11.5 Å². The van der Waals surface area contributed by atoms with Crippen molar-refractivity contribution in [3.05, 3.63) is 0 Å². The van der Waals surface area contributed by atoms with Crippen LogP contribution in [-0.2, 0) is 0 Å². The Morgan fingerprint density at radius 3 is 2.85 bits per heavy atom. The van der Waals surface area contributed by atoms with Crippen LogP contribution in [0.2, 0.25) is 0 Å². The van der Waals surface area contributed by atoms with Gasteiger partial charge in [-0.25, -0.2) is 0 Å². The minimum absolute atomic E-state index is 0.143. The van der Waals surface area contributed by atoms with Crippen LogP contribution < -0.4 is 0 Å². The van der Waals surface area contributed by atoms with Gasteiger partial charge in [0.2, 0.25) is 0 Å². The highest BCUT2D eigenvalue weighted by Crippen LogP contribution is 2.60. The molecule has 4 bridgehead atoms. The van der Waals surface area contributed by atoms with Gasteiger partial charge in [-0.3, -0.25) is 0 Å². The van der Waals surface area contributed by atoms with E-state index in [1.807, 2.05) is 0 Å². The predicted octanol–water partition coefficient (Wildman–Crippen LogP) is 3.12. The fraction of sp³-hybridized carbons (Fsp3) is 0.917. The van der Waals surface area contributed by atoms with Crippen LogP contribution in [0.3, 0.4) is 0 Å². The zero-order valence-electron chi connectivity index (χ0n) is 8.13. The summed E-state index contributed by atoms with van der Waals surface area (Å²) in [6, 6.07) is 2.68. The number of nitriles is 1. The first-order chi connectivity index (χ1) is 6.34. The maximum absolute atomic E-state index is 9.37. The lowest BCUT2D eigenvalue weighted by molar-refractivity contribution is -0.0447. The molecule has 4 rings (SSSR count). The van der Waals surface area contributed by atoms with Crippen molar-refractivity contribution in [1.29, 1.82) is 5.26 Å². The van der Waals surface area contributed by atoms with Crippen LogP contribution in [-0.4, -0.2) is 0 Å². The smallest absolute Gasteiger partial charge is 0.0692 e. The molecule has 0 aromatic heterocycles. The zero-order valence-corrected chi connectivity index (χ0v) is 8.13. The molecular weight excluding hydrogens is 158 g/mol. The van der Waals surface area contributed by atoms with Crippen molar-refractivity contribution < 1.29 is 0 Å². The largest absolute Gasteiger partial charge is 0.198 e. The number of rotatable bonds is 0. The van der Waals surface area contributed by atoms with Crippen molar-refractivity contribution in [3.8, 4) is 6.07 Å². The second-order valence-electron chi connectivity index (χ2n) is 5.41. The molecule has 0 saturated heterocycles. The molecule has 4 atom stereocenters. The molecule has 0 aromatic rings. The Morgan fingerprint density at radius 2 is 2.15 bits per heavy atom. The van der Waals surface area contributed by atoms with Gasteiger partial charge in [-0.15, -0.1) is 0 Å². The monoisotopic (exact) mass is 175 g/mol. The molecule has 4 fully saturated rings. The highest BCUT2D eigenvalue weighted by atomic mass is 14.6. The molecule has 0 N–H and O–H groups in total. The summed E-state index contributed by atoms with van der Waals surface area (Å²) < 4.78 is 0. The van der Waals surface area contributed by atoms with E-state index >= 15 is 0 Å². The molecule has 0 aromatic carbocycles. The molecule has 1 heteroatoms. The molecule has 4 unspecified atom stereocenters. The average Bonchev–Trinajstić information content (AvgIpc) is 2.18. The normalized spacial score (nSPS) is 53.0. The molecule has 4 aliphatic rings. The summed E-state index contributed by atoms with van der Waals surface area (Å²) in [4.78, 5) is 0. The maximum Gasteiger partial charge on any atom is 0.0692 e. The molecule has 13 heavy (non-hydrogen) atoms. The van der Waals surface area contributed by atoms with Crippen LogP contribution >= 0.6 is 0 Å².